The number of aliphatic hydroxyl groups excluding tert-OH is 2. The third-order valence-corrected chi connectivity index (χ3v) is 12.2. The molecular weight excluding hydrogens is 881 g/mol. The van der Waals surface area contributed by atoms with E-state index in [1.165, 1.54) is 104 Å². The van der Waals surface area contributed by atoms with E-state index in [0.29, 0.717) is 12.8 Å². The summed E-state index contributed by atoms with van der Waals surface area (Å²) in [5.74, 6) is -5.38. The van der Waals surface area contributed by atoms with Crippen molar-refractivity contribution in [1.82, 2.24) is 15.9 Å². The lowest BCUT2D eigenvalue weighted by Gasteiger charge is -2.43. The Balaban J connectivity index is 2.89. The molecule has 1 rings (SSSR count). The SMILES string of the molecule is [2H]N(C(=O)[C@@H](C)O[C@H]1[C@H](O)[C@@H](COC(=O)C[C@@H](CCCCCCCCCCC)OC(=O)CCCCCCCCCCCCCCC)OC(O)[C@@H]1NC(C)=O)[C@@H](C)C(=O)N[C@@H](CCC(=O)OC)C(N)=O. The van der Waals surface area contributed by atoms with Crippen LogP contribution in [0.2, 0.25) is 1.41 Å². The number of carbonyl (C=O) groups excluding carboxylic acids is 7. The number of primary amides is 1. The second-order valence-corrected chi connectivity index (χ2v) is 18.4. The molecule has 0 aromatic rings. The van der Waals surface area contributed by atoms with E-state index in [4.69, 9.17) is 26.1 Å². The first-order valence-corrected chi connectivity index (χ1v) is 25.7. The molecule has 1 heterocycles. The topological polar surface area (TPSA) is 268 Å². The number of nitrogens with one attached hydrogen (secondary N) is 3. The fourth-order valence-electron chi connectivity index (χ4n) is 8.05. The van der Waals surface area contributed by atoms with Crippen molar-refractivity contribution in [2.24, 2.45) is 5.73 Å². The van der Waals surface area contributed by atoms with Crippen LogP contribution in [0.1, 0.15) is 208 Å². The number of methoxy groups -OCH3 is 1. The summed E-state index contributed by atoms with van der Waals surface area (Å²) < 4.78 is 35.7. The fourth-order valence-corrected chi connectivity index (χ4v) is 8.05. The van der Waals surface area contributed by atoms with Gasteiger partial charge in [0.25, 0.3) is 0 Å². The van der Waals surface area contributed by atoms with E-state index in [1.807, 2.05) is 0 Å². The van der Waals surface area contributed by atoms with Crippen molar-refractivity contribution in [3.05, 3.63) is 0 Å². The Morgan fingerprint density at radius 3 is 1.71 bits per heavy atom. The number of carbonyl (C=O) groups is 7. The highest BCUT2D eigenvalue weighted by atomic mass is 16.6. The van der Waals surface area contributed by atoms with Crippen LogP contribution in [0.4, 0.5) is 0 Å². The van der Waals surface area contributed by atoms with Gasteiger partial charge in [-0.3, -0.25) is 33.6 Å². The molecule has 1 aliphatic heterocycles. The molecule has 0 aromatic carbocycles. The van der Waals surface area contributed by atoms with E-state index in [9.17, 15) is 43.8 Å². The van der Waals surface area contributed by atoms with Crippen molar-refractivity contribution in [3.63, 3.8) is 0 Å². The van der Waals surface area contributed by atoms with Crippen LogP contribution in [-0.2, 0) is 57.2 Å². The molecule has 1 aliphatic rings. The van der Waals surface area contributed by atoms with Gasteiger partial charge >= 0.3 is 17.9 Å². The molecule has 18 nitrogen and oxygen atoms in total. The minimum atomic E-state index is -1.81. The summed E-state index contributed by atoms with van der Waals surface area (Å²) in [6.07, 6.45) is 16.5. The molecule has 0 aliphatic carbocycles. The summed E-state index contributed by atoms with van der Waals surface area (Å²) in [7, 11) is 1.15. The first-order valence-electron chi connectivity index (χ1n) is 26.2. The molecule has 0 radical (unpaired) electrons. The van der Waals surface area contributed by atoms with Gasteiger partial charge in [0, 0.05) is 19.8 Å². The highest BCUT2D eigenvalue weighted by Gasteiger charge is 2.47. The third kappa shape index (κ3) is 28.6. The second-order valence-electron chi connectivity index (χ2n) is 18.4. The first-order chi connectivity index (χ1) is 33.0. The summed E-state index contributed by atoms with van der Waals surface area (Å²) in [4.78, 5) is 88.3. The number of hydrogen-bond acceptors (Lipinski definition) is 14. The van der Waals surface area contributed by atoms with Gasteiger partial charge in [-0.2, -0.15) is 0 Å². The summed E-state index contributed by atoms with van der Waals surface area (Å²) >= 11 is 0. The number of ether oxygens (including phenoxy) is 5. The molecule has 68 heavy (non-hydrogen) atoms. The van der Waals surface area contributed by atoms with E-state index in [1.54, 1.807) is 0 Å². The number of hydrogen-bond donors (Lipinski definition) is 6. The van der Waals surface area contributed by atoms with Gasteiger partial charge in [0.1, 0.15) is 55.3 Å². The molecule has 0 aromatic heterocycles. The van der Waals surface area contributed by atoms with Crippen LogP contribution >= 0.6 is 0 Å². The van der Waals surface area contributed by atoms with Crippen molar-refractivity contribution in [3.8, 4) is 0 Å². The molecule has 0 bridgehead atoms. The van der Waals surface area contributed by atoms with Crippen LogP contribution in [0.3, 0.4) is 0 Å². The van der Waals surface area contributed by atoms with Crippen LogP contribution in [0.25, 0.3) is 0 Å². The Morgan fingerprint density at radius 2 is 1.21 bits per heavy atom. The highest BCUT2D eigenvalue weighted by molar-refractivity contribution is 5.92. The maximum absolute atomic E-state index is 13.4. The summed E-state index contributed by atoms with van der Waals surface area (Å²) in [5, 5.41) is 27.4. The maximum Gasteiger partial charge on any atom is 0.309 e. The Morgan fingerprint density at radius 1 is 0.691 bits per heavy atom. The fraction of sp³-hybridized carbons (Fsp3) is 0.860. The summed E-state index contributed by atoms with van der Waals surface area (Å²) in [6, 6.07) is -4.24. The molecule has 394 valence electrons. The number of rotatable bonds is 40. The van der Waals surface area contributed by atoms with Gasteiger partial charge in [-0.15, -0.1) is 0 Å². The van der Waals surface area contributed by atoms with Gasteiger partial charge in [-0.25, -0.2) is 0 Å². The molecule has 0 spiro atoms. The van der Waals surface area contributed by atoms with Gasteiger partial charge in [0.15, 0.2) is 7.70 Å². The van der Waals surface area contributed by atoms with E-state index in [0.717, 1.165) is 59.0 Å². The van der Waals surface area contributed by atoms with Gasteiger partial charge in [0.05, 0.1) is 13.5 Å². The van der Waals surface area contributed by atoms with Gasteiger partial charge in [-0.1, -0.05) is 142 Å². The molecule has 1 fully saturated rings. The smallest absolute Gasteiger partial charge is 0.309 e. The van der Waals surface area contributed by atoms with Crippen LogP contribution in [-0.4, -0.2) is 120 Å². The zero-order chi connectivity index (χ0) is 51.6. The predicted molar refractivity (Wildman–Crippen MR) is 256 cm³/mol. The van der Waals surface area contributed by atoms with Crippen molar-refractivity contribution < 1.29 is 68.9 Å². The zero-order valence-corrected chi connectivity index (χ0v) is 42.3. The molecule has 9 atom stereocenters. The standard InChI is InChI=1S/C50H90N4O14/c1-7-9-11-13-15-17-18-19-20-22-24-26-28-30-42(57)67-38(29-27-25-23-21-16-14-12-10-8-2)33-43(58)65-34-40-45(59)46(44(50(63)68-40)53-37(5)55)66-36(4)49(62)52-35(3)48(61)54-39(47(51)60)31-32-41(56)64-6/h35-36,38-40,44-46,50,59,63H,7-34H2,1-6H3,(H2,51,60)(H,52,62)(H,53,55)(H,54,61)/t35-,36+,38+,39-,40+,44+,45+,46+,50?/m0/s1/i/hD. The minimum Gasteiger partial charge on any atom is -0.469 e. The van der Waals surface area contributed by atoms with Crippen molar-refractivity contribution in [1.29, 1.82) is 0 Å². The number of esters is 3. The van der Waals surface area contributed by atoms with Crippen molar-refractivity contribution >= 4 is 41.5 Å². The molecule has 1 unspecified atom stereocenters. The van der Waals surface area contributed by atoms with Crippen LogP contribution in [0.5, 0.6) is 0 Å². The predicted octanol–water partition coefficient (Wildman–Crippen LogP) is 6.02. The van der Waals surface area contributed by atoms with Gasteiger partial charge < -0.3 is 55.6 Å². The van der Waals surface area contributed by atoms with Gasteiger partial charge in [0.2, 0.25) is 23.6 Å². The van der Waals surface area contributed by atoms with E-state index >= 15 is 0 Å². The Labute approximate surface area is 407 Å². The summed E-state index contributed by atoms with van der Waals surface area (Å²) in [5.41, 5.74) is 5.37. The highest BCUT2D eigenvalue weighted by Crippen LogP contribution is 2.25. The second kappa shape index (κ2) is 38.0. The normalized spacial score (nSPS) is 19.9. The Hall–Kier alpha value is -3.87. The average molecular weight is 972 g/mol. The lowest BCUT2D eigenvalue weighted by atomic mass is 9.96. The third-order valence-electron chi connectivity index (χ3n) is 12.2. The van der Waals surface area contributed by atoms with E-state index in [2.05, 4.69) is 29.2 Å². The zero-order valence-electron chi connectivity index (χ0n) is 43.3. The maximum atomic E-state index is 13.4. The Bertz CT molecular complexity index is 1490. The first kappa shape index (κ1) is 60.3. The van der Waals surface area contributed by atoms with Crippen molar-refractivity contribution in [2.45, 2.75) is 263 Å². The van der Waals surface area contributed by atoms with Crippen LogP contribution < -0.4 is 21.7 Å². The monoisotopic (exact) mass is 972 g/mol. The van der Waals surface area contributed by atoms with E-state index in [-0.39, 0.29) is 37.0 Å². The number of amides is 4. The average Bonchev–Trinajstić information content (AvgIpc) is 3.31. The lowest BCUT2D eigenvalue weighted by molar-refractivity contribution is -0.267. The minimum absolute atomic E-state index is 0.191. The molecule has 7 N–H and O–H groups in total. The van der Waals surface area contributed by atoms with Crippen LogP contribution in [0, 0.1) is 0 Å². The molecule has 18 heteroatoms. The number of aliphatic hydroxyl groups is 2. The molecule has 0 saturated carbocycles. The Kier molecular flexibility index (Phi) is 33.6. The van der Waals surface area contributed by atoms with Crippen LogP contribution in [0.15, 0.2) is 0 Å². The van der Waals surface area contributed by atoms with E-state index < -0.39 is 97.1 Å². The largest absolute Gasteiger partial charge is 0.469 e. The van der Waals surface area contributed by atoms with Gasteiger partial charge in [-0.05, 0) is 39.5 Å². The molecule has 4 amide bonds. The number of nitrogens with two attached hydrogens (primary N) is 1. The lowest BCUT2D eigenvalue weighted by Crippen LogP contribution is -2.66. The number of unbranched alkanes of at least 4 members (excludes halogenated alkanes) is 20. The summed E-state index contributed by atoms with van der Waals surface area (Å²) in [6.45, 7) is 7.40. The van der Waals surface area contributed by atoms with Crippen molar-refractivity contribution in [2.75, 3.05) is 13.7 Å². The quantitative estimate of drug-likeness (QED) is 0.0233. The molecular formula is C50H90N4O14. The molecule has 1 saturated heterocycles.